The van der Waals surface area contributed by atoms with Crippen molar-refractivity contribution in [2.24, 2.45) is 0 Å². The maximum atomic E-state index is 12.4. The van der Waals surface area contributed by atoms with Crippen LogP contribution in [-0.2, 0) is 4.79 Å². The molecule has 0 radical (unpaired) electrons. The zero-order chi connectivity index (χ0) is 14.9. The van der Waals surface area contributed by atoms with Crippen molar-refractivity contribution in [3.8, 4) is 0 Å². The summed E-state index contributed by atoms with van der Waals surface area (Å²) in [6.45, 7) is 3.92. The van der Waals surface area contributed by atoms with E-state index in [0.717, 1.165) is 11.3 Å². The van der Waals surface area contributed by atoms with Gasteiger partial charge in [0.1, 0.15) is 0 Å². The number of nitrogens with one attached hydrogen (secondary N) is 2. The van der Waals surface area contributed by atoms with Gasteiger partial charge in [-0.05, 0) is 31.6 Å². The summed E-state index contributed by atoms with van der Waals surface area (Å²) in [4.78, 5) is 14.0. The zero-order valence-electron chi connectivity index (χ0n) is 12.2. The fraction of sp³-hybridized carbons (Fsp3) is 0.333. The Kier molecular flexibility index (Phi) is 4.09. The third-order valence-corrected chi connectivity index (χ3v) is 3.54. The number of benzene rings is 1. The van der Waals surface area contributed by atoms with Gasteiger partial charge in [0.2, 0.25) is 0 Å². The Morgan fingerprint density at radius 3 is 2.35 bits per heavy atom. The molecule has 0 saturated heterocycles. The minimum atomic E-state index is -0.209. The fourth-order valence-corrected chi connectivity index (χ4v) is 2.50. The molecule has 0 aliphatic carbocycles. The Morgan fingerprint density at radius 1 is 1.20 bits per heavy atom. The van der Waals surface area contributed by atoms with Gasteiger partial charge in [-0.3, -0.25) is 4.79 Å². The predicted molar refractivity (Wildman–Crippen MR) is 84.2 cm³/mol. The topological polar surface area (TPSA) is 44.4 Å². The Bertz CT molecular complexity index is 575. The Balaban J connectivity index is 2.47. The molecule has 20 heavy (non-hydrogen) atoms. The highest BCUT2D eigenvalue weighted by atomic mass is 32.1. The Labute approximate surface area is 124 Å². The number of nitrogens with zero attached hydrogens (tertiary/aromatic N) is 1. The van der Waals surface area contributed by atoms with Crippen LogP contribution in [0.4, 0.5) is 0 Å². The maximum absolute atomic E-state index is 12.4. The molecule has 1 amide bonds. The molecule has 0 fully saturated rings. The summed E-state index contributed by atoms with van der Waals surface area (Å²) in [6.07, 6.45) is 0. The van der Waals surface area contributed by atoms with E-state index in [4.69, 9.17) is 12.2 Å². The molecule has 1 atom stereocenters. The molecular weight excluding hydrogens is 270 g/mol. The van der Waals surface area contributed by atoms with Crippen molar-refractivity contribution >= 4 is 23.2 Å². The van der Waals surface area contributed by atoms with E-state index in [9.17, 15) is 4.79 Å². The van der Waals surface area contributed by atoms with Crippen molar-refractivity contribution in [3.63, 3.8) is 0 Å². The summed E-state index contributed by atoms with van der Waals surface area (Å²) in [6, 6.07) is 7.91. The second kappa shape index (κ2) is 5.63. The van der Waals surface area contributed by atoms with Crippen LogP contribution in [-0.4, -0.2) is 30.0 Å². The van der Waals surface area contributed by atoms with Gasteiger partial charge < -0.3 is 15.5 Å². The lowest BCUT2D eigenvalue weighted by atomic mass is 9.94. The number of aryl methyl sites for hydroxylation is 1. The lowest BCUT2D eigenvalue weighted by molar-refractivity contribution is -0.125. The van der Waals surface area contributed by atoms with Crippen molar-refractivity contribution in [1.82, 2.24) is 15.5 Å². The summed E-state index contributed by atoms with van der Waals surface area (Å²) in [7, 11) is 3.50. The average molecular weight is 289 g/mol. The lowest BCUT2D eigenvalue weighted by Crippen LogP contribution is -2.46. The molecule has 2 N–H and O–H groups in total. The molecule has 2 rings (SSSR count). The number of amides is 1. The largest absolute Gasteiger partial charge is 0.351 e. The van der Waals surface area contributed by atoms with Crippen LogP contribution in [0.25, 0.3) is 0 Å². The molecule has 1 aliphatic heterocycles. The second-order valence-electron chi connectivity index (χ2n) is 5.18. The minimum absolute atomic E-state index is 0.0180. The summed E-state index contributed by atoms with van der Waals surface area (Å²) < 4.78 is 0. The van der Waals surface area contributed by atoms with Gasteiger partial charge in [-0.1, -0.05) is 29.8 Å². The maximum Gasteiger partial charge on any atom is 0.253 e. The summed E-state index contributed by atoms with van der Waals surface area (Å²) in [5.41, 5.74) is 3.72. The number of thiocarbonyl (C=S) groups is 1. The molecule has 5 heteroatoms. The Morgan fingerprint density at radius 2 is 1.80 bits per heavy atom. The van der Waals surface area contributed by atoms with Crippen LogP contribution in [0, 0.1) is 6.92 Å². The van der Waals surface area contributed by atoms with Gasteiger partial charge in [-0.15, -0.1) is 0 Å². The molecule has 4 nitrogen and oxygen atoms in total. The molecule has 0 unspecified atom stereocenters. The minimum Gasteiger partial charge on any atom is -0.351 e. The third kappa shape index (κ3) is 2.82. The van der Waals surface area contributed by atoms with Crippen LogP contribution in [0.1, 0.15) is 24.1 Å². The molecule has 0 bridgehead atoms. The first-order valence-electron chi connectivity index (χ1n) is 6.46. The smallest absolute Gasteiger partial charge is 0.253 e. The SMILES string of the molecule is CC1=C(C(=O)N(C)C)[C@H](c2ccc(C)cc2)NC(=S)N1. The molecule has 1 aliphatic rings. The molecule has 106 valence electrons. The van der Waals surface area contributed by atoms with E-state index in [1.165, 1.54) is 5.56 Å². The number of allylic oxidation sites excluding steroid dienone is 1. The van der Waals surface area contributed by atoms with Gasteiger partial charge in [0, 0.05) is 19.8 Å². The first-order valence-corrected chi connectivity index (χ1v) is 6.87. The van der Waals surface area contributed by atoms with Gasteiger partial charge in [-0.25, -0.2) is 0 Å². The Hall–Kier alpha value is -1.88. The van der Waals surface area contributed by atoms with Crippen molar-refractivity contribution in [2.75, 3.05) is 14.1 Å². The van der Waals surface area contributed by atoms with E-state index in [1.807, 2.05) is 38.1 Å². The molecule has 1 heterocycles. The lowest BCUT2D eigenvalue weighted by Gasteiger charge is -2.31. The van der Waals surface area contributed by atoms with E-state index in [1.54, 1.807) is 19.0 Å². The van der Waals surface area contributed by atoms with Crippen LogP contribution in [0.3, 0.4) is 0 Å². The van der Waals surface area contributed by atoms with Crippen molar-refractivity contribution < 1.29 is 4.79 Å². The quantitative estimate of drug-likeness (QED) is 0.816. The normalized spacial score (nSPS) is 18.4. The predicted octanol–water partition coefficient (Wildman–Crippen LogP) is 1.88. The molecule has 1 aromatic carbocycles. The highest BCUT2D eigenvalue weighted by Crippen LogP contribution is 2.27. The van der Waals surface area contributed by atoms with Crippen LogP contribution < -0.4 is 10.6 Å². The van der Waals surface area contributed by atoms with Crippen LogP contribution >= 0.6 is 12.2 Å². The van der Waals surface area contributed by atoms with Gasteiger partial charge in [0.15, 0.2) is 5.11 Å². The third-order valence-electron chi connectivity index (χ3n) is 3.32. The van der Waals surface area contributed by atoms with Crippen molar-refractivity contribution in [3.05, 3.63) is 46.7 Å². The van der Waals surface area contributed by atoms with Crippen LogP contribution in [0.15, 0.2) is 35.5 Å². The van der Waals surface area contributed by atoms with Crippen molar-refractivity contribution in [1.29, 1.82) is 0 Å². The highest BCUT2D eigenvalue weighted by molar-refractivity contribution is 7.80. The molecule has 0 spiro atoms. The first-order chi connectivity index (χ1) is 9.40. The zero-order valence-corrected chi connectivity index (χ0v) is 13.0. The summed E-state index contributed by atoms with van der Waals surface area (Å²) in [5, 5.41) is 6.76. The van der Waals surface area contributed by atoms with Crippen LogP contribution in [0.5, 0.6) is 0 Å². The highest BCUT2D eigenvalue weighted by Gasteiger charge is 2.30. The average Bonchev–Trinajstić information content (AvgIpc) is 2.38. The summed E-state index contributed by atoms with van der Waals surface area (Å²) >= 11 is 5.21. The standard InChI is InChI=1S/C15H19N3OS/c1-9-5-7-11(8-6-9)13-12(14(19)18(3)4)10(2)16-15(20)17-13/h5-8,13H,1-4H3,(H2,16,17,20)/t13-/m0/s1. The monoisotopic (exact) mass is 289 g/mol. The second-order valence-corrected chi connectivity index (χ2v) is 5.59. The van der Waals surface area contributed by atoms with E-state index in [-0.39, 0.29) is 11.9 Å². The van der Waals surface area contributed by atoms with Gasteiger partial charge in [-0.2, -0.15) is 0 Å². The number of rotatable bonds is 2. The number of carbonyl (C=O) groups excluding carboxylic acids is 1. The number of hydrogen-bond acceptors (Lipinski definition) is 2. The molecule has 1 aromatic rings. The number of hydrogen-bond donors (Lipinski definition) is 2. The molecular formula is C15H19N3OS. The number of likely N-dealkylation sites (N-methyl/N-ethyl adjacent to an activating group) is 1. The van der Waals surface area contributed by atoms with E-state index >= 15 is 0 Å². The fourth-order valence-electron chi connectivity index (χ4n) is 2.23. The van der Waals surface area contributed by atoms with Crippen molar-refractivity contribution in [2.45, 2.75) is 19.9 Å². The van der Waals surface area contributed by atoms with Crippen LogP contribution in [0.2, 0.25) is 0 Å². The summed E-state index contributed by atoms with van der Waals surface area (Å²) in [5.74, 6) is -0.0180. The van der Waals surface area contributed by atoms with E-state index < -0.39 is 0 Å². The molecule has 0 aromatic heterocycles. The van der Waals surface area contributed by atoms with E-state index in [2.05, 4.69) is 10.6 Å². The van der Waals surface area contributed by atoms with Gasteiger partial charge in [0.05, 0.1) is 11.6 Å². The first kappa shape index (κ1) is 14.5. The molecule has 0 saturated carbocycles. The van der Waals surface area contributed by atoms with Gasteiger partial charge >= 0.3 is 0 Å². The van der Waals surface area contributed by atoms with E-state index in [0.29, 0.717) is 10.7 Å². The van der Waals surface area contributed by atoms with Gasteiger partial charge in [0.25, 0.3) is 5.91 Å². The number of carbonyl (C=O) groups is 1.